The zero-order chi connectivity index (χ0) is 17.5. The van der Waals surface area contributed by atoms with Crippen molar-refractivity contribution in [1.29, 1.82) is 0 Å². The molecule has 3 aromatic rings. The van der Waals surface area contributed by atoms with Crippen molar-refractivity contribution in [2.45, 2.75) is 38.6 Å². The molecule has 2 atom stereocenters. The number of aromatic amines is 1. The molecule has 2 bridgehead atoms. The van der Waals surface area contributed by atoms with E-state index in [2.05, 4.69) is 65.3 Å². The van der Waals surface area contributed by atoms with Crippen molar-refractivity contribution in [2.75, 3.05) is 13.1 Å². The Morgan fingerprint density at radius 2 is 1.77 bits per heavy atom. The van der Waals surface area contributed by atoms with E-state index in [1.165, 1.54) is 54.5 Å². The number of hydrogen-bond donors (Lipinski definition) is 1. The molecule has 2 fully saturated rings. The molecule has 2 aliphatic rings. The van der Waals surface area contributed by atoms with Crippen LogP contribution in [0.3, 0.4) is 0 Å². The minimum atomic E-state index is 0.669. The van der Waals surface area contributed by atoms with Gasteiger partial charge in [-0.15, -0.1) is 0 Å². The summed E-state index contributed by atoms with van der Waals surface area (Å²) in [7, 11) is 0. The first-order valence-corrected chi connectivity index (χ1v) is 9.99. The van der Waals surface area contributed by atoms with Gasteiger partial charge >= 0.3 is 0 Å². The van der Waals surface area contributed by atoms with E-state index in [0.717, 1.165) is 24.2 Å². The molecule has 134 valence electrons. The summed E-state index contributed by atoms with van der Waals surface area (Å²) in [6.07, 6.45) is 4.10. The molecule has 26 heavy (non-hydrogen) atoms. The van der Waals surface area contributed by atoms with Gasteiger partial charge in [0.15, 0.2) is 0 Å². The summed E-state index contributed by atoms with van der Waals surface area (Å²) in [5.74, 6) is 3.21. The third-order valence-electron chi connectivity index (χ3n) is 6.42. The molecule has 1 saturated heterocycles. The van der Waals surface area contributed by atoms with Gasteiger partial charge in [0.1, 0.15) is 5.82 Å². The minimum Gasteiger partial charge on any atom is -0.342 e. The van der Waals surface area contributed by atoms with Crippen LogP contribution in [0, 0.1) is 18.8 Å². The van der Waals surface area contributed by atoms with Crippen molar-refractivity contribution in [2.24, 2.45) is 11.8 Å². The normalized spacial score (nSPS) is 26.3. The summed E-state index contributed by atoms with van der Waals surface area (Å²) < 4.78 is 0. The third-order valence-corrected chi connectivity index (χ3v) is 6.42. The fraction of sp³-hybridized carbons (Fsp3) is 0.435. The van der Waals surface area contributed by atoms with E-state index in [0.29, 0.717) is 5.92 Å². The van der Waals surface area contributed by atoms with Crippen LogP contribution in [0.1, 0.15) is 42.1 Å². The van der Waals surface area contributed by atoms with E-state index in [1.807, 2.05) is 0 Å². The molecule has 0 spiro atoms. The Balaban J connectivity index is 1.44. The maximum atomic E-state index is 4.83. The van der Waals surface area contributed by atoms with Crippen LogP contribution in [0.2, 0.25) is 0 Å². The molecule has 2 unspecified atom stereocenters. The van der Waals surface area contributed by atoms with E-state index >= 15 is 0 Å². The number of benzene rings is 2. The van der Waals surface area contributed by atoms with Crippen molar-refractivity contribution < 1.29 is 0 Å². The number of piperidine rings is 1. The van der Waals surface area contributed by atoms with E-state index in [-0.39, 0.29) is 0 Å². The Kier molecular flexibility index (Phi) is 4.05. The van der Waals surface area contributed by atoms with Gasteiger partial charge in [0.2, 0.25) is 0 Å². The molecule has 3 nitrogen and oxygen atoms in total. The van der Waals surface area contributed by atoms with Gasteiger partial charge in [0, 0.05) is 19.6 Å². The quantitative estimate of drug-likeness (QED) is 0.733. The summed E-state index contributed by atoms with van der Waals surface area (Å²) in [4.78, 5) is 10.9. The molecular weight excluding hydrogens is 318 g/mol. The number of aromatic nitrogens is 2. The number of fused-ring (bicyclic) bond motifs is 3. The predicted octanol–water partition coefficient (Wildman–Crippen LogP) is 4.89. The van der Waals surface area contributed by atoms with Crippen LogP contribution in [0.25, 0.3) is 11.0 Å². The highest BCUT2D eigenvalue weighted by Gasteiger charge is 2.41. The van der Waals surface area contributed by atoms with Crippen LogP contribution in [0.15, 0.2) is 48.5 Å². The summed E-state index contributed by atoms with van der Waals surface area (Å²) in [5.41, 5.74) is 5.34. The monoisotopic (exact) mass is 345 g/mol. The second-order valence-electron chi connectivity index (χ2n) is 8.22. The number of nitrogens with one attached hydrogen (secondary N) is 1. The lowest BCUT2D eigenvalue weighted by Gasteiger charge is -2.48. The van der Waals surface area contributed by atoms with Crippen LogP contribution in [-0.2, 0) is 6.54 Å². The van der Waals surface area contributed by atoms with Crippen molar-refractivity contribution in [1.82, 2.24) is 14.9 Å². The molecular formula is C23H27N3. The van der Waals surface area contributed by atoms with Crippen LogP contribution in [-0.4, -0.2) is 28.0 Å². The molecule has 1 N–H and O–H groups in total. The lowest BCUT2D eigenvalue weighted by Crippen LogP contribution is -2.47. The largest absolute Gasteiger partial charge is 0.342 e. The number of aryl methyl sites for hydroxylation is 1. The fourth-order valence-corrected chi connectivity index (χ4v) is 5.46. The van der Waals surface area contributed by atoms with Crippen LogP contribution in [0.5, 0.6) is 0 Å². The smallest absolute Gasteiger partial charge is 0.104 e. The maximum absolute atomic E-state index is 4.83. The highest BCUT2D eigenvalue weighted by Crippen LogP contribution is 2.47. The maximum Gasteiger partial charge on any atom is 0.104 e. The van der Waals surface area contributed by atoms with Gasteiger partial charge in [-0.1, -0.05) is 48.9 Å². The van der Waals surface area contributed by atoms with Crippen LogP contribution < -0.4 is 0 Å². The summed E-state index contributed by atoms with van der Waals surface area (Å²) in [5, 5.41) is 0. The number of imidazole rings is 1. The van der Waals surface area contributed by atoms with Crippen LogP contribution in [0.4, 0.5) is 0 Å². The number of nitrogens with zero attached hydrogens (tertiary/aromatic N) is 2. The Hall–Kier alpha value is -2.13. The molecule has 1 aliphatic heterocycles. The lowest BCUT2D eigenvalue weighted by atomic mass is 9.66. The highest BCUT2D eigenvalue weighted by atomic mass is 15.1. The second kappa shape index (κ2) is 6.55. The lowest BCUT2D eigenvalue weighted by molar-refractivity contribution is 0.0565. The Bertz CT molecular complexity index is 884. The molecule has 0 amide bonds. The van der Waals surface area contributed by atoms with Crippen LogP contribution >= 0.6 is 0 Å². The van der Waals surface area contributed by atoms with Gasteiger partial charge in [-0.25, -0.2) is 4.98 Å². The zero-order valence-electron chi connectivity index (χ0n) is 15.5. The summed E-state index contributed by atoms with van der Waals surface area (Å²) >= 11 is 0. The number of likely N-dealkylation sites (tertiary alicyclic amines) is 1. The average Bonchev–Trinajstić information content (AvgIpc) is 3.02. The zero-order valence-corrected chi connectivity index (χ0v) is 15.5. The second-order valence-corrected chi connectivity index (χ2v) is 8.22. The standard InChI is InChI=1S/C23H27N3/c1-16-24-21-12-6-11-20(23(21)25-16)22-18-9-5-10-19(22)15-26(14-18)13-17-7-3-2-4-8-17/h2-4,6-8,11-12,18-19,22H,5,9-10,13-15H2,1H3,(H,24,25). The van der Waals surface area contributed by atoms with Crippen molar-refractivity contribution in [3.05, 3.63) is 65.5 Å². The summed E-state index contributed by atoms with van der Waals surface area (Å²) in [6, 6.07) is 17.7. The first-order chi connectivity index (χ1) is 12.8. The highest BCUT2D eigenvalue weighted by molar-refractivity contribution is 5.79. The number of hydrogen-bond acceptors (Lipinski definition) is 2. The Morgan fingerprint density at radius 3 is 2.54 bits per heavy atom. The van der Waals surface area contributed by atoms with E-state index in [4.69, 9.17) is 4.98 Å². The summed E-state index contributed by atoms with van der Waals surface area (Å²) in [6.45, 7) is 5.59. The third kappa shape index (κ3) is 2.84. The van der Waals surface area contributed by atoms with E-state index < -0.39 is 0 Å². The van der Waals surface area contributed by atoms with Gasteiger partial charge in [0.25, 0.3) is 0 Å². The first-order valence-electron chi connectivity index (χ1n) is 9.99. The molecule has 1 aromatic heterocycles. The van der Waals surface area contributed by atoms with E-state index in [1.54, 1.807) is 0 Å². The van der Waals surface area contributed by atoms with Gasteiger partial charge in [-0.05, 0) is 54.7 Å². The molecule has 1 aliphatic carbocycles. The number of H-pyrrole nitrogens is 1. The van der Waals surface area contributed by atoms with Crippen molar-refractivity contribution in [3.63, 3.8) is 0 Å². The number of para-hydroxylation sites is 1. The minimum absolute atomic E-state index is 0.669. The molecule has 5 rings (SSSR count). The van der Waals surface area contributed by atoms with Gasteiger partial charge in [-0.3, -0.25) is 4.90 Å². The molecule has 2 heterocycles. The van der Waals surface area contributed by atoms with Gasteiger partial charge in [0.05, 0.1) is 11.0 Å². The Labute approximate surface area is 155 Å². The SMILES string of the molecule is Cc1nc2c(C3C4CCCC3CN(Cc3ccccc3)C4)cccc2[nH]1. The fourth-order valence-electron chi connectivity index (χ4n) is 5.46. The molecule has 1 saturated carbocycles. The number of rotatable bonds is 3. The van der Waals surface area contributed by atoms with Crippen molar-refractivity contribution in [3.8, 4) is 0 Å². The first kappa shape index (κ1) is 16.1. The molecule has 3 heteroatoms. The predicted molar refractivity (Wildman–Crippen MR) is 106 cm³/mol. The van der Waals surface area contributed by atoms with Crippen molar-refractivity contribution >= 4 is 11.0 Å². The average molecular weight is 345 g/mol. The van der Waals surface area contributed by atoms with E-state index in [9.17, 15) is 0 Å². The Morgan fingerprint density at radius 1 is 1.00 bits per heavy atom. The van der Waals surface area contributed by atoms with Gasteiger partial charge < -0.3 is 4.98 Å². The topological polar surface area (TPSA) is 31.9 Å². The molecule has 2 aromatic carbocycles. The molecule has 0 radical (unpaired) electrons. The van der Waals surface area contributed by atoms with Gasteiger partial charge in [-0.2, -0.15) is 0 Å².